The van der Waals surface area contributed by atoms with Crippen molar-refractivity contribution in [2.75, 3.05) is 0 Å². The van der Waals surface area contributed by atoms with Crippen LogP contribution < -0.4 is 0 Å². The molecule has 0 fully saturated rings. The lowest BCUT2D eigenvalue weighted by Gasteiger charge is -2.13. The lowest BCUT2D eigenvalue weighted by Crippen LogP contribution is -2.16. The van der Waals surface area contributed by atoms with Crippen molar-refractivity contribution in [3.8, 4) is 5.69 Å². The van der Waals surface area contributed by atoms with E-state index in [1.54, 1.807) is 18.2 Å². The predicted molar refractivity (Wildman–Crippen MR) is 68.0 cm³/mol. The number of Topliss-reactive ketones (excluding diaryl/α,β-unsaturated/α-hetero) is 1. The van der Waals surface area contributed by atoms with Gasteiger partial charge in [-0.15, -0.1) is 0 Å². The summed E-state index contributed by atoms with van der Waals surface area (Å²) in [4.78, 5) is 11.3. The van der Waals surface area contributed by atoms with Crippen molar-refractivity contribution in [3.05, 3.63) is 46.8 Å². The number of rotatable bonds is 2. The van der Waals surface area contributed by atoms with Crippen molar-refractivity contribution in [1.29, 1.82) is 0 Å². The molecule has 0 atom stereocenters. The predicted octanol–water partition coefficient (Wildman–Crippen LogP) is 3.71. The Balaban J connectivity index is 2.68. The van der Waals surface area contributed by atoms with Gasteiger partial charge in [-0.3, -0.25) is 4.79 Å². The van der Waals surface area contributed by atoms with Gasteiger partial charge in [-0.25, -0.2) is 4.68 Å². The van der Waals surface area contributed by atoms with Crippen LogP contribution in [0.2, 0.25) is 0 Å². The Labute approximate surface area is 114 Å². The summed E-state index contributed by atoms with van der Waals surface area (Å²) in [5.41, 5.74) is 0.661. The van der Waals surface area contributed by atoms with Gasteiger partial charge in [-0.1, -0.05) is 6.07 Å². The van der Waals surface area contributed by atoms with Crippen LogP contribution >= 0.6 is 0 Å². The van der Waals surface area contributed by atoms with Gasteiger partial charge in [0.05, 0.1) is 17.4 Å². The van der Waals surface area contributed by atoms with E-state index in [0.29, 0.717) is 0 Å². The van der Waals surface area contributed by atoms with E-state index in [4.69, 9.17) is 0 Å². The van der Waals surface area contributed by atoms with Crippen LogP contribution in [0.5, 0.6) is 0 Å². The van der Waals surface area contributed by atoms with Gasteiger partial charge < -0.3 is 0 Å². The Bertz CT molecular complexity index is 672. The maximum Gasteiger partial charge on any atom is 0.434 e. The third-order valence-corrected chi connectivity index (χ3v) is 3.15. The fourth-order valence-corrected chi connectivity index (χ4v) is 1.93. The standard InChI is InChI=1S/C14H13F3N2O/c1-8-4-5-11(6-9(8)2)19-13(14(15,16)17)12(7-18-19)10(3)20/h4-7H,1-3H3. The normalized spacial score (nSPS) is 11.7. The summed E-state index contributed by atoms with van der Waals surface area (Å²) in [6.07, 6.45) is -3.68. The number of carbonyl (C=O) groups is 1. The molecule has 3 nitrogen and oxygen atoms in total. The van der Waals surface area contributed by atoms with Crippen LogP contribution in [0.1, 0.15) is 34.1 Å². The van der Waals surface area contributed by atoms with E-state index < -0.39 is 23.2 Å². The van der Waals surface area contributed by atoms with Crippen molar-refractivity contribution in [2.24, 2.45) is 0 Å². The largest absolute Gasteiger partial charge is 0.434 e. The Hall–Kier alpha value is -2.11. The first-order chi connectivity index (χ1) is 9.21. The summed E-state index contributed by atoms with van der Waals surface area (Å²) in [7, 11) is 0. The first-order valence-corrected chi connectivity index (χ1v) is 5.95. The van der Waals surface area contributed by atoms with Crippen molar-refractivity contribution in [3.63, 3.8) is 0 Å². The molecule has 1 aromatic heterocycles. The summed E-state index contributed by atoms with van der Waals surface area (Å²) >= 11 is 0. The minimum atomic E-state index is -4.64. The molecule has 0 aliphatic rings. The first-order valence-electron chi connectivity index (χ1n) is 5.95. The maximum absolute atomic E-state index is 13.2. The quantitative estimate of drug-likeness (QED) is 0.787. The molecular formula is C14H13F3N2O. The zero-order valence-corrected chi connectivity index (χ0v) is 11.2. The van der Waals surface area contributed by atoms with Gasteiger partial charge in [0, 0.05) is 0 Å². The van der Waals surface area contributed by atoms with Crippen LogP contribution in [0.3, 0.4) is 0 Å². The lowest BCUT2D eigenvalue weighted by molar-refractivity contribution is -0.143. The average molecular weight is 282 g/mol. The average Bonchev–Trinajstić information content (AvgIpc) is 2.77. The van der Waals surface area contributed by atoms with Crippen LogP contribution in [-0.2, 0) is 6.18 Å². The van der Waals surface area contributed by atoms with Gasteiger partial charge in [0.15, 0.2) is 11.5 Å². The van der Waals surface area contributed by atoms with Crippen LogP contribution in [-0.4, -0.2) is 15.6 Å². The molecule has 1 aromatic carbocycles. The van der Waals surface area contributed by atoms with E-state index in [0.717, 1.165) is 28.9 Å². The second-order valence-corrected chi connectivity index (χ2v) is 4.64. The van der Waals surface area contributed by atoms with Crippen molar-refractivity contribution >= 4 is 5.78 Å². The number of benzene rings is 1. The highest BCUT2D eigenvalue weighted by Gasteiger charge is 2.39. The molecule has 1 heterocycles. The second-order valence-electron chi connectivity index (χ2n) is 4.64. The molecule has 0 saturated heterocycles. The van der Waals surface area contributed by atoms with E-state index in [-0.39, 0.29) is 5.69 Å². The van der Waals surface area contributed by atoms with Gasteiger partial charge in [0.1, 0.15) is 0 Å². The second kappa shape index (κ2) is 4.77. The highest BCUT2D eigenvalue weighted by atomic mass is 19.4. The maximum atomic E-state index is 13.2. The van der Waals surface area contributed by atoms with E-state index in [2.05, 4.69) is 5.10 Å². The summed E-state index contributed by atoms with van der Waals surface area (Å²) in [6, 6.07) is 4.88. The van der Waals surface area contributed by atoms with Crippen molar-refractivity contribution in [2.45, 2.75) is 26.9 Å². The van der Waals surface area contributed by atoms with Gasteiger partial charge in [-0.2, -0.15) is 18.3 Å². The highest BCUT2D eigenvalue weighted by molar-refractivity contribution is 5.95. The fourth-order valence-electron chi connectivity index (χ4n) is 1.93. The molecule has 0 saturated carbocycles. The molecule has 0 unspecified atom stereocenters. The number of halogens is 3. The van der Waals surface area contributed by atoms with Crippen LogP contribution in [0.25, 0.3) is 5.69 Å². The van der Waals surface area contributed by atoms with Crippen molar-refractivity contribution < 1.29 is 18.0 Å². The topological polar surface area (TPSA) is 34.9 Å². The molecule has 0 radical (unpaired) electrons. The smallest absolute Gasteiger partial charge is 0.294 e. The summed E-state index contributed by atoms with van der Waals surface area (Å²) in [5.74, 6) is -0.660. The number of carbonyl (C=O) groups excluding carboxylic acids is 1. The molecule has 20 heavy (non-hydrogen) atoms. The van der Waals surface area contributed by atoms with Crippen LogP contribution in [0.15, 0.2) is 24.4 Å². The number of ketones is 1. The molecule has 0 aliphatic carbocycles. The molecule has 0 amide bonds. The molecule has 106 valence electrons. The van der Waals surface area contributed by atoms with E-state index in [1.807, 2.05) is 13.8 Å². The Morgan fingerprint density at radius 1 is 1.20 bits per heavy atom. The third-order valence-electron chi connectivity index (χ3n) is 3.15. The SMILES string of the molecule is CC(=O)c1cnn(-c2ccc(C)c(C)c2)c1C(F)(F)F. The Morgan fingerprint density at radius 2 is 1.85 bits per heavy atom. The molecule has 0 spiro atoms. The van der Waals surface area contributed by atoms with Crippen LogP contribution in [0, 0.1) is 13.8 Å². The fraction of sp³-hybridized carbons (Fsp3) is 0.286. The molecular weight excluding hydrogens is 269 g/mol. The first kappa shape index (κ1) is 14.3. The number of hydrogen-bond acceptors (Lipinski definition) is 2. The number of alkyl halides is 3. The third kappa shape index (κ3) is 2.45. The summed E-state index contributed by atoms with van der Waals surface area (Å²) in [6.45, 7) is 4.77. The molecule has 0 aliphatic heterocycles. The zero-order chi connectivity index (χ0) is 15.1. The summed E-state index contributed by atoms with van der Waals surface area (Å²) < 4.78 is 40.2. The molecule has 0 N–H and O–H groups in total. The monoisotopic (exact) mass is 282 g/mol. The number of hydrogen-bond donors (Lipinski definition) is 0. The number of aryl methyl sites for hydroxylation is 2. The van der Waals surface area contributed by atoms with E-state index >= 15 is 0 Å². The van der Waals surface area contributed by atoms with Gasteiger partial charge in [0.25, 0.3) is 0 Å². The molecule has 2 aromatic rings. The van der Waals surface area contributed by atoms with Gasteiger partial charge in [0.2, 0.25) is 0 Å². The van der Waals surface area contributed by atoms with Crippen molar-refractivity contribution in [1.82, 2.24) is 9.78 Å². The molecule has 0 bridgehead atoms. The highest BCUT2D eigenvalue weighted by Crippen LogP contribution is 2.34. The van der Waals surface area contributed by atoms with E-state index in [9.17, 15) is 18.0 Å². The number of aromatic nitrogens is 2. The lowest BCUT2D eigenvalue weighted by atomic mass is 10.1. The van der Waals surface area contributed by atoms with Crippen LogP contribution in [0.4, 0.5) is 13.2 Å². The Morgan fingerprint density at radius 3 is 2.35 bits per heavy atom. The minimum absolute atomic E-state index is 0.285. The van der Waals surface area contributed by atoms with Gasteiger partial charge in [-0.05, 0) is 44.0 Å². The zero-order valence-electron chi connectivity index (χ0n) is 11.2. The Kier molecular flexibility index (Phi) is 3.41. The molecule has 6 heteroatoms. The summed E-state index contributed by atoms with van der Waals surface area (Å²) in [5, 5.41) is 3.72. The van der Waals surface area contributed by atoms with E-state index in [1.165, 1.54) is 0 Å². The van der Waals surface area contributed by atoms with Gasteiger partial charge >= 0.3 is 6.18 Å². The minimum Gasteiger partial charge on any atom is -0.294 e. The number of nitrogens with zero attached hydrogens (tertiary/aromatic N) is 2. The molecule has 2 rings (SSSR count).